The van der Waals surface area contributed by atoms with E-state index in [0.29, 0.717) is 12.3 Å². The number of aryl methyl sites for hydroxylation is 1. The van der Waals surface area contributed by atoms with E-state index in [1.54, 1.807) is 12.1 Å². The number of phenolic OH excluding ortho intramolecular Hbond substituents is 1. The van der Waals surface area contributed by atoms with E-state index < -0.39 is 0 Å². The summed E-state index contributed by atoms with van der Waals surface area (Å²) in [5, 5.41) is 12.7. The summed E-state index contributed by atoms with van der Waals surface area (Å²) in [6, 6.07) is 18.4. The van der Waals surface area contributed by atoms with E-state index in [0.717, 1.165) is 51.5 Å². The topological polar surface area (TPSA) is 55.8 Å². The third-order valence-electron chi connectivity index (χ3n) is 6.74. The maximum absolute atomic E-state index is 12.6. The van der Waals surface area contributed by atoms with Gasteiger partial charge >= 0.3 is 0 Å². The Morgan fingerprint density at radius 1 is 0.903 bits per heavy atom. The first-order chi connectivity index (χ1) is 15.1. The van der Waals surface area contributed by atoms with Crippen molar-refractivity contribution in [2.45, 2.75) is 44.7 Å². The van der Waals surface area contributed by atoms with Gasteiger partial charge in [-0.3, -0.25) is 14.6 Å². The minimum Gasteiger partial charge on any atom is -0.508 e. The first-order valence-electron chi connectivity index (χ1n) is 11.7. The minimum absolute atomic E-state index is 0.175. The van der Waals surface area contributed by atoms with Crippen molar-refractivity contribution >= 4 is 5.91 Å². The number of rotatable bonds is 8. The van der Waals surface area contributed by atoms with Gasteiger partial charge in [0.05, 0.1) is 6.54 Å². The van der Waals surface area contributed by atoms with E-state index in [4.69, 9.17) is 0 Å². The zero-order valence-electron chi connectivity index (χ0n) is 18.4. The van der Waals surface area contributed by atoms with Crippen LogP contribution in [0.25, 0.3) is 0 Å². The molecule has 2 fully saturated rings. The summed E-state index contributed by atoms with van der Waals surface area (Å²) in [5.74, 6) is 1.24. The molecule has 2 aromatic rings. The van der Waals surface area contributed by atoms with Crippen LogP contribution in [-0.2, 0) is 17.8 Å². The molecule has 31 heavy (non-hydrogen) atoms. The average molecular weight is 422 g/mol. The number of phenols is 1. The fraction of sp³-hybridized carbons (Fsp3) is 0.500. The van der Waals surface area contributed by atoms with Crippen molar-refractivity contribution in [3.63, 3.8) is 0 Å². The first kappa shape index (κ1) is 21.8. The van der Waals surface area contributed by atoms with Crippen LogP contribution < -0.4 is 5.32 Å². The molecule has 5 nitrogen and oxygen atoms in total. The molecule has 166 valence electrons. The third-order valence-corrected chi connectivity index (χ3v) is 6.74. The molecule has 5 heteroatoms. The Morgan fingerprint density at radius 3 is 2.35 bits per heavy atom. The standard InChI is InChI=1S/C26H35N3O2/c30-25-10-8-21(9-11-25)6-7-22-12-15-28(16-13-22)20-26(31)27-24-14-17-29(19-24)18-23-4-2-1-3-5-23/h1-5,8-11,22,24,30H,6-7,12-20H2,(H,27,31)/t24-/m1/s1. The number of hydrogen-bond donors (Lipinski definition) is 2. The number of aromatic hydroxyl groups is 1. The predicted molar refractivity (Wildman–Crippen MR) is 124 cm³/mol. The molecular formula is C26H35N3O2. The van der Waals surface area contributed by atoms with E-state index in [-0.39, 0.29) is 11.9 Å². The monoisotopic (exact) mass is 421 g/mol. The SMILES string of the molecule is O=C(CN1CCC(CCc2ccc(O)cc2)CC1)N[C@@H]1CCN(Cc2ccccc2)C1. The number of carbonyl (C=O) groups is 1. The number of benzene rings is 2. The van der Waals surface area contributed by atoms with Crippen LogP contribution in [0.15, 0.2) is 54.6 Å². The third kappa shape index (κ3) is 6.81. The van der Waals surface area contributed by atoms with Gasteiger partial charge < -0.3 is 10.4 Å². The highest BCUT2D eigenvalue weighted by Gasteiger charge is 2.25. The number of carbonyl (C=O) groups excluding carboxylic acids is 1. The molecule has 1 atom stereocenters. The first-order valence-corrected chi connectivity index (χ1v) is 11.7. The summed E-state index contributed by atoms with van der Waals surface area (Å²) >= 11 is 0. The lowest BCUT2D eigenvalue weighted by molar-refractivity contribution is -0.123. The van der Waals surface area contributed by atoms with Crippen molar-refractivity contribution in [3.05, 3.63) is 65.7 Å². The van der Waals surface area contributed by atoms with Crippen molar-refractivity contribution in [2.75, 3.05) is 32.7 Å². The molecule has 0 unspecified atom stereocenters. The highest BCUT2D eigenvalue weighted by molar-refractivity contribution is 5.78. The molecule has 1 amide bonds. The van der Waals surface area contributed by atoms with Crippen LogP contribution in [-0.4, -0.2) is 59.6 Å². The van der Waals surface area contributed by atoms with Gasteiger partial charge in [-0.15, -0.1) is 0 Å². The van der Waals surface area contributed by atoms with Gasteiger partial charge in [-0.25, -0.2) is 0 Å². The highest BCUT2D eigenvalue weighted by atomic mass is 16.3. The van der Waals surface area contributed by atoms with Crippen LogP contribution in [0, 0.1) is 5.92 Å². The van der Waals surface area contributed by atoms with Gasteiger partial charge in [-0.2, -0.15) is 0 Å². The van der Waals surface area contributed by atoms with Crippen LogP contribution >= 0.6 is 0 Å². The van der Waals surface area contributed by atoms with E-state index in [9.17, 15) is 9.90 Å². The zero-order valence-corrected chi connectivity index (χ0v) is 18.4. The summed E-state index contributed by atoms with van der Waals surface area (Å²) in [7, 11) is 0. The summed E-state index contributed by atoms with van der Waals surface area (Å²) in [5.41, 5.74) is 2.63. The molecule has 0 aliphatic carbocycles. The van der Waals surface area contributed by atoms with Crippen LogP contribution in [0.3, 0.4) is 0 Å². The lowest BCUT2D eigenvalue weighted by Gasteiger charge is -2.31. The van der Waals surface area contributed by atoms with Crippen molar-refractivity contribution in [2.24, 2.45) is 5.92 Å². The minimum atomic E-state index is 0.175. The largest absolute Gasteiger partial charge is 0.508 e. The van der Waals surface area contributed by atoms with Crippen molar-refractivity contribution in [3.8, 4) is 5.75 Å². The predicted octanol–water partition coefficient (Wildman–Crippen LogP) is 3.43. The second-order valence-electron chi connectivity index (χ2n) is 9.20. The Bertz CT molecular complexity index is 816. The normalized spacial score (nSPS) is 20.7. The van der Waals surface area contributed by atoms with Crippen LogP contribution in [0.1, 0.15) is 36.8 Å². The van der Waals surface area contributed by atoms with Gasteiger partial charge in [-0.05, 0) is 74.4 Å². The second kappa shape index (κ2) is 10.8. The van der Waals surface area contributed by atoms with E-state index in [1.807, 2.05) is 12.1 Å². The van der Waals surface area contributed by atoms with Crippen LogP contribution in [0.5, 0.6) is 5.75 Å². The Morgan fingerprint density at radius 2 is 1.61 bits per heavy atom. The number of nitrogens with one attached hydrogen (secondary N) is 1. The molecule has 0 bridgehead atoms. The fourth-order valence-electron chi connectivity index (χ4n) is 4.88. The Kier molecular flexibility index (Phi) is 7.60. The van der Waals surface area contributed by atoms with E-state index in [2.05, 4.69) is 45.4 Å². The van der Waals surface area contributed by atoms with Crippen LogP contribution in [0.4, 0.5) is 0 Å². The number of likely N-dealkylation sites (tertiary alicyclic amines) is 2. The van der Waals surface area contributed by atoms with Gasteiger partial charge in [0.25, 0.3) is 0 Å². The van der Waals surface area contributed by atoms with Crippen molar-refractivity contribution in [1.29, 1.82) is 0 Å². The summed E-state index contributed by atoms with van der Waals surface area (Å²) in [4.78, 5) is 17.3. The molecular weight excluding hydrogens is 386 g/mol. The van der Waals surface area contributed by atoms with Gasteiger partial charge in [0.1, 0.15) is 5.75 Å². The quantitative estimate of drug-likeness (QED) is 0.686. The Labute approximate surface area is 186 Å². The highest BCUT2D eigenvalue weighted by Crippen LogP contribution is 2.23. The van der Waals surface area contributed by atoms with Crippen molar-refractivity contribution in [1.82, 2.24) is 15.1 Å². The molecule has 0 aromatic heterocycles. The molecule has 4 rings (SSSR count). The van der Waals surface area contributed by atoms with Gasteiger partial charge in [0, 0.05) is 25.7 Å². The Hall–Kier alpha value is -2.37. The van der Waals surface area contributed by atoms with Gasteiger partial charge in [0.2, 0.25) is 5.91 Å². The van der Waals surface area contributed by atoms with Gasteiger partial charge in [0.15, 0.2) is 0 Å². The molecule has 2 aromatic carbocycles. The molecule has 0 spiro atoms. The smallest absolute Gasteiger partial charge is 0.234 e. The molecule has 0 saturated carbocycles. The zero-order chi connectivity index (χ0) is 21.5. The Balaban J connectivity index is 1.12. The maximum atomic E-state index is 12.6. The summed E-state index contributed by atoms with van der Waals surface area (Å²) in [6.07, 6.45) is 5.62. The second-order valence-corrected chi connectivity index (χ2v) is 9.20. The number of nitrogens with zero attached hydrogens (tertiary/aromatic N) is 2. The van der Waals surface area contributed by atoms with Gasteiger partial charge in [-0.1, -0.05) is 42.5 Å². The lowest BCUT2D eigenvalue weighted by Crippen LogP contribution is -2.45. The van der Waals surface area contributed by atoms with E-state index >= 15 is 0 Å². The summed E-state index contributed by atoms with van der Waals surface area (Å²) < 4.78 is 0. The average Bonchev–Trinajstić information content (AvgIpc) is 3.21. The molecule has 2 heterocycles. The molecule has 2 N–H and O–H groups in total. The van der Waals surface area contributed by atoms with E-state index in [1.165, 1.54) is 30.4 Å². The summed E-state index contributed by atoms with van der Waals surface area (Å²) in [6.45, 7) is 5.51. The number of amides is 1. The van der Waals surface area contributed by atoms with Crippen LogP contribution in [0.2, 0.25) is 0 Å². The molecule has 2 aliphatic rings. The lowest BCUT2D eigenvalue weighted by atomic mass is 9.90. The number of piperidine rings is 1. The molecule has 0 radical (unpaired) electrons. The number of hydrogen-bond acceptors (Lipinski definition) is 4. The van der Waals surface area contributed by atoms with Crippen molar-refractivity contribution < 1.29 is 9.90 Å². The molecule has 2 saturated heterocycles. The fourth-order valence-corrected chi connectivity index (χ4v) is 4.88. The molecule has 2 aliphatic heterocycles. The maximum Gasteiger partial charge on any atom is 0.234 e.